The summed E-state index contributed by atoms with van der Waals surface area (Å²) >= 11 is 0. The molecule has 0 unspecified atom stereocenters. The molecule has 55 heavy (non-hydrogen) atoms. The van der Waals surface area contributed by atoms with Crippen molar-refractivity contribution in [3.63, 3.8) is 0 Å². The number of aromatic nitrogens is 3. The van der Waals surface area contributed by atoms with Crippen LogP contribution in [0.2, 0.25) is 0 Å². The molecule has 0 saturated carbocycles. The van der Waals surface area contributed by atoms with E-state index in [0.29, 0.717) is 0 Å². The Hall–Kier alpha value is -6.97. The number of imidazole rings is 1. The van der Waals surface area contributed by atoms with Crippen molar-refractivity contribution in [2.45, 2.75) is 19.3 Å². The number of hydrogen-bond donors (Lipinski definition) is 0. The van der Waals surface area contributed by atoms with E-state index in [4.69, 9.17) is 4.98 Å². The molecule has 0 saturated heterocycles. The van der Waals surface area contributed by atoms with E-state index in [1.54, 1.807) is 0 Å². The fraction of sp³-hybridized carbons (Fsp3) is 0.0577. The van der Waals surface area contributed by atoms with Gasteiger partial charge in [-0.2, -0.15) is 0 Å². The minimum atomic E-state index is -0.152. The molecule has 2 heterocycles. The molecule has 0 N–H and O–H groups in total. The Morgan fingerprint density at radius 3 is 1.73 bits per heavy atom. The quantitative estimate of drug-likeness (QED) is 0.175. The van der Waals surface area contributed by atoms with Crippen molar-refractivity contribution in [1.29, 1.82) is 0 Å². The molecule has 0 amide bonds. The fourth-order valence-electron chi connectivity index (χ4n) is 9.05. The predicted octanol–water partition coefficient (Wildman–Crippen LogP) is 13.4. The highest BCUT2D eigenvalue weighted by Gasteiger charge is 2.38. The molecule has 0 spiro atoms. The summed E-state index contributed by atoms with van der Waals surface area (Å²) in [5.74, 6) is 0.931. The summed E-state index contributed by atoms with van der Waals surface area (Å²) in [6.07, 6.45) is 0. The molecule has 260 valence electrons. The second-order valence-electron chi connectivity index (χ2n) is 15.2. The lowest BCUT2D eigenvalue weighted by atomic mass is 9.81. The Morgan fingerprint density at radius 1 is 0.418 bits per heavy atom. The number of rotatable bonds is 5. The zero-order chi connectivity index (χ0) is 36.7. The van der Waals surface area contributed by atoms with Crippen LogP contribution < -0.4 is 0 Å². The molecule has 0 fully saturated rings. The Labute approximate surface area is 320 Å². The normalized spacial score (nSPS) is 13.1. The van der Waals surface area contributed by atoms with Gasteiger partial charge in [0.15, 0.2) is 0 Å². The van der Waals surface area contributed by atoms with Gasteiger partial charge in [-0.25, -0.2) is 4.98 Å². The van der Waals surface area contributed by atoms with Gasteiger partial charge < -0.3 is 4.57 Å². The third-order valence-electron chi connectivity index (χ3n) is 11.7. The number of fused-ring (bicyclic) bond motifs is 8. The first-order valence-corrected chi connectivity index (χ1v) is 19.1. The van der Waals surface area contributed by atoms with Crippen LogP contribution in [0, 0.1) is 0 Å². The van der Waals surface area contributed by atoms with Crippen LogP contribution in [0.5, 0.6) is 0 Å². The second kappa shape index (κ2) is 12.0. The number of benzene rings is 8. The minimum Gasteiger partial charge on any atom is -0.309 e. The average molecular weight is 704 g/mol. The third-order valence-corrected chi connectivity index (χ3v) is 11.7. The molecule has 2 aromatic heterocycles. The van der Waals surface area contributed by atoms with Crippen LogP contribution in [0.25, 0.3) is 89.0 Å². The van der Waals surface area contributed by atoms with E-state index in [-0.39, 0.29) is 5.41 Å². The summed E-state index contributed by atoms with van der Waals surface area (Å²) in [6, 6.07) is 68.1. The smallest absolute Gasteiger partial charge is 0.145 e. The highest BCUT2D eigenvalue weighted by atomic mass is 15.1. The maximum absolute atomic E-state index is 5.15. The van der Waals surface area contributed by atoms with Crippen molar-refractivity contribution in [2.75, 3.05) is 0 Å². The highest BCUT2D eigenvalue weighted by molar-refractivity contribution is 6.18. The maximum Gasteiger partial charge on any atom is 0.145 e. The van der Waals surface area contributed by atoms with Crippen LogP contribution in [0.15, 0.2) is 188 Å². The van der Waals surface area contributed by atoms with Crippen molar-refractivity contribution >= 4 is 32.8 Å². The van der Waals surface area contributed by atoms with Gasteiger partial charge in [-0.15, -0.1) is 0 Å². The summed E-state index contributed by atoms with van der Waals surface area (Å²) in [6.45, 7) is 4.77. The van der Waals surface area contributed by atoms with Gasteiger partial charge in [0.2, 0.25) is 0 Å². The first-order chi connectivity index (χ1) is 27.0. The Balaban J connectivity index is 1.13. The Kier molecular flexibility index (Phi) is 6.90. The molecule has 0 aliphatic heterocycles. The van der Waals surface area contributed by atoms with Gasteiger partial charge in [-0.1, -0.05) is 129 Å². The molecule has 0 radical (unpaired) electrons. The lowest BCUT2D eigenvalue weighted by molar-refractivity contribution is 0.661. The van der Waals surface area contributed by atoms with Gasteiger partial charge in [-0.05, 0) is 117 Å². The maximum atomic E-state index is 5.15. The zero-order valence-corrected chi connectivity index (χ0v) is 30.7. The lowest BCUT2D eigenvalue weighted by Gasteiger charge is -2.22. The van der Waals surface area contributed by atoms with E-state index >= 15 is 0 Å². The summed E-state index contributed by atoms with van der Waals surface area (Å²) in [5.41, 5.74) is 18.0. The van der Waals surface area contributed by atoms with Gasteiger partial charge in [0, 0.05) is 33.1 Å². The van der Waals surface area contributed by atoms with Gasteiger partial charge in [0.05, 0.1) is 22.1 Å². The average Bonchev–Trinajstić information content (AvgIpc) is 3.87. The van der Waals surface area contributed by atoms with E-state index in [9.17, 15) is 0 Å². The Bertz CT molecular complexity index is 3080. The van der Waals surface area contributed by atoms with Gasteiger partial charge >= 0.3 is 0 Å². The van der Waals surface area contributed by atoms with E-state index in [1.807, 2.05) is 0 Å². The van der Waals surface area contributed by atoms with Crippen molar-refractivity contribution in [3.8, 4) is 56.1 Å². The molecule has 8 aromatic carbocycles. The van der Waals surface area contributed by atoms with Crippen LogP contribution in [-0.4, -0.2) is 14.1 Å². The van der Waals surface area contributed by atoms with Crippen molar-refractivity contribution in [2.24, 2.45) is 0 Å². The summed E-state index contributed by atoms with van der Waals surface area (Å²) < 4.78 is 4.72. The molecule has 0 bridgehead atoms. The van der Waals surface area contributed by atoms with Crippen LogP contribution in [0.1, 0.15) is 25.0 Å². The number of hydrogen-bond acceptors (Lipinski definition) is 1. The molecule has 1 aliphatic carbocycles. The molecule has 3 heteroatoms. The summed E-state index contributed by atoms with van der Waals surface area (Å²) in [7, 11) is 0. The summed E-state index contributed by atoms with van der Waals surface area (Å²) in [5, 5.41) is 2.57. The van der Waals surface area contributed by atoms with Crippen LogP contribution >= 0.6 is 0 Å². The van der Waals surface area contributed by atoms with Crippen molar-refractivity contribution in [3.05, 3.63) is 199 Å². The molecular formula is C52H37N3. The lowest BCUT2D eigenvalue weighted by Crippen LogP contribution is -2.15. The number of para-hydroxylation sites is 3. The van der Waals surface area contributed by atoms with Crippen LogP contribution in [-0.2, 0) is 5.41 Å². The Morgan fingerprint density at radius 2 is 1.00 bits per heavy atom. The van der Waals surface area contributed by atoms with Gasteiger partial charge in [0.1, 0.15) is 5.82 Å². The summed E-state index contributed by atoms with van der Waals surface area (Å²) in [4.78, 5) is 5.15. The second-order valence-corrected chi connectivity index (χ2v) is 15.2. The standard InChI is InChI=1S/C52H37N3/c1-52(2)43-29-31-48-50(49(43)41-28-24-38(33-44(41)52)35-16-8-4-9-17-35)42-32-37(34-14-6-3-7-15-34)25-30-46(42)54(48)40-26-22-36(23-27-40)51-53-45-20-12-13-21-47(45)55(51)39-18-10-5-11-19-39/h3-33H,1-2H3. The molecular weight excluding hydrogens is 667 g/mol. The minimum absolute atomic E-state index is 0.152. The van der Waals surface area contributed by atoms with Crippen LogP contribution in [0.4, 0.5) is 0 Å². The first kappa shape index (κ1) is 31.5. The SMILES string of the molecule is CC1(C)c2cc(-c3ccccc3)ccc2-c2c1ccc1c2c2cc(-c3ccccc3)ccc2n1-c1ccc(-c2nc3ccccc3n2-c2ccccc2)cc1. The largest absolute Gasteiger partial charge is 0.309 e. The monoisotopic (exact) mass is 703 g/mol. The van der Waals surface area contributed by atoms with Crippen molar-refractivity contribution in [1.82, 2.24) is 14.1 Å². The fourth-order valence-corrected chi connectivity index (χ4v) is 9.05. The van der Waals surface area contributed by atoms with E-state index in [2.05, 4.69) is 211 Å². The third kappa shape index (κ3) is 4.79. The first-order valence-electron chi connectivity index (χ1n) is 19.1. The molecule has 3 nitrogen and oxygen atoms in total. The molecule has 0 atom stereocenters. The molecule has 1 aliphatic rings. The van der Waals surface area contributed by atoms with E-state index in [1.165, 1.54) is 66.3 Å². The van der Waals surface area contributed by atoms with Gasteiger partial charge in [0.25, 0.3) is 0 Å². The van der Waals surface area contributed by atoms with Gasteiger partial charge in [-0.3, -0.25) is 4.57 Å². The zero-order valence-electron chi connectivity index (χ0n) is 30.7. The van der Waals surface area contributed by atoms with Crippen LogP contribution in [0.3, 0.4) is 0 Å². The molecule has 11 rings (SSSR count). The van der Waals surface area contributed by atoms with Crippen molar-refractivity contribution < 1.29 is 0 Å². The number of nitrogens with zero attached hydrogens (tertiary/aromatic N) is 3. The highest BCUT2D eigenvalue weighted by Crippen LogP contribution is 2.54. The van der Waals surface area contributed by atoms with E-state index < -0.39 is 0 Å². The predicted molar refractivity (Wildman–Crippen MR) is 229 cm³/mol. The van der Waals surface area contributed by atoms with E-state index in [0.717, 1.165) is 33.8 Å². The molecule has 10 aromatic rings. The topological polar surface area (TPSA) is 22.8 Å².